The van der Waals surface area contributed by atoms with Gasteiger partial charge in [0.25, 0.3) is 0 Å². The van der Waals surface area contributed by atoms with Crippen molar-refractivity contribution >= 4 is 21.9 Å². The van der Waals surface area contributed by atoms with Crippen molar-refractivity contribution in [3.8, 4) is 22.8 Å². The predicted octanol–water partition coefficient (Wildman–Crippen LogP) is 2.81. The van der Waals surface area contributed by atoms with Crippen LogP contribution in [0.5, 0.6) is 11.5 Å². The zero-order chi connectivity index (χ0) is 14.0. The molecule has 5 nitrogen and oxygen atoms in total. The third-order valence-corrected chi connectivity index (χ3v) is 3.65. The van der Waals surface area contributed by atoms with Crippen LogP contribution in [0.1, 0.15) is 5.69 Å². The van der Waals surface area contributed by atoms with Gasteiger partial charge in [-0.15, -0.1) is 0 Å². The van der Waals surface area contributed by atoms with E-state index >= 15 is 0 Å². The second kappa shape index (κ2) is 5.44. The van der Waals surface area contributed by atoms with Gasteiger partial charge < -0.3 is 15.2 Å². The molecule has 1 aromatic carbocycles. The van der Waals surface area contributed by atoms with Crippen LogP contribution in [0.4, 0.5) is 5.95 Å². The molecule has 0 fully saturated rings. The number of anilines is 1. The summed E-state index contributed by atoms with van der Waals surface area (Å²) in [7, 11) is 3.20. The Kier molecular flexibility index (Phi) is 3.90. The molecule has 6 heteroatoms. The van der Waals surface area contributed by atoms with Gasteiger partial charge in [0, 0.05) is 0 Å². The summed E-state index contributed by atoms with van der Waals surface area (Å²) in [5.74, 6) is 1.54. The molecule has 0 amide bonds. The maximum Gasteiger partial charge on any atom is 0.220 e. The van der Waals surface area contributed by atoms with Gasteiger partial charge in [-0.3, -0.25) is 0 Å². The quantitative estimate of drug-likeness (QED) is 0.940. The monoisotopic (exact) mass is 323 g/mol. The molecular formula is C13H14BrN3O2. The average Bonchev–Trinajstić information content (AvgIpc) is 2.41. The molecular weight excluding hydrogens is 310 g/mol. The molecule has 1 heterocycles. The highest BCUT2D eigenvalue weighted by atomic mass is 79.9. The molecule has 0 atom stereocenters. The van der Waals surface area contributed by atoms with Gasteiger partial charge in [0.2, 0.25) is 5.95 Å². The topological polar surface area (TPSA) is 70.3 Å². The second-order valence-electron chi connectivity index (χ2n) is 3.87. The SMILES string of the molecule is COc1cccc(OC)c1-c1nc(N)nc(C)c1Br. The lowest BCUT2D eigenvalue weighted by Crippen LogP contribution is -2.02. The minimum absolute atomic E-state index is 0.212. The third-order valence-electron chi connectivity index (χ3n) is 2.70. The van der Waals surface area contributed by atoms with Crippen LogP contribution in [0, 0.1) is 6.92 Å². The highest BCUT2D eigenvalue weighted by Crippen LogP contribution is 2.41. The van der Waals surface area contributed by atoms with Crippen LogP contribution in [0.3, 0.4) is 0 Å². The lowest BCUT2D eigenvalue weighted by atomic mass is 10.1. The van der Waals surface area contributed by atoms with E-state index in [1.54, 1.807) is 14.2 Å². The number of hydrogen-bond acceptors (Lipinski definition) is 5. The van der Waals surface area contributed by atoms with Crippen molar-refractivity contribution in [2.75, 3.05) is 20.0 Å². The predicted molar refractivity (Wildman–Crippen MR) is 77.4 cm³/mol. The Labute approximate surface area is 119 Å². The zero-order valence-corrected chi connectivity index (χ0v) is 12.5. The molecule has 0 saturated carbocycles. The average molecular weight is 324 g/mol. The number of halogens is 1. The summed E-state index contributed by atoms with van der Waals surface area (Å²) in [4.78, 5) is 8.39. The first-order valence-corrected chi connectivity index (χ1v) is 6.38. The summed E-state index contributed by atoms with van der Waals surface area (Å²) < 4.78 is 11.5. The van der Waals surface area contributed by atoms with Crippen LogP contribution in [0.2, 0.25) is 0 Å². The van der Waals surface area contributed by atoms with Gasteiger partial charge in [0.15, 0.2) is 0 Å². The maximum atomic E-state index is 5.72. The van der Waals surface area contributed by atoms with Crippen molar-refractivity contribution in [2.45, 2.75) is 6.92 Å². The molecule has 2 rings (SSSR count). The molecule has 100 valence electrons. The summed E-state index contributed by atoms with van der Waals surface area (Å²) >= 11 is 3.49. The van der Waals surface area contributed by atoms with E-state index in [2.05, 4.69) is 25.9 Å². The molecule has 0 aliphatic heterocycles. The molecule has 0 unspecified atom stereocenters. The number of nitrogen functional groups attached to an aromatic ring is 1. The molecule has 0 radical (unpaired) electrons. The number of ether oxygens (including phenoxy) is 2. The van der Waals surface area contributed by atoms with Crippen molar-refractivity contribution in [2.24, 2.45) is 0 Å². The molecule has 1 aromatic heterocycles. The third kappa shape index (κ3) is 2.49. The fraction of sp³-hybridized carbons (Fsp3) is 0.231. The van der Waals surface area contributed by atoms with E-state index < -0.39 is 0 Å². The van der Waals surface area contributed by atoms with Gasteiger partial charge in [0.1, 0.15) is 11.5 Å². The number of aryl methyl sites for hydroxylation is 1. The standard InChI is InChI=1S/C13H14BrN3O2/c1-7-11(14)12(17-13(15)16-7)10-8(18-2)5-4-6-9(10)19-3/h4-6H,1-3H3,(H2,15,16,17). The fourth-order valence-electron chi connectivity index (χ4n) is 1.83. The van der Waals surface area contributed by atoms with Crippen LogP contribution >= 0.6 is 15.9 Å². The molecule has 0 aliphatic carbocycles. The Morgan fingerprint density at radius 1 is 1.11 bits per heavy atom. The molecule has 2 aromatic rings. The number of rotatable bonds is 3. The van der Waals surface area contributed by atoms with Crippen molar-refractivity contribution in [3.63, 3.8) is 0 Å². The van der Waals surface area contributed by atoms with Crippen LogP contribution in [0.25, 0.3) is 11.3 Å². The summed E-state index contributed by atoms with van der Waals surface area (Å²) in [5, 5.41) is 0. The normalized spacial score (nSPS) is 10.3. The van der Waals surface area contributed by atoms with Gasteiger partial charge in [-0.1, -0.05) is 6.07 Å². The minimum atomic E-state index is 0.212. The van der Waals surface area contributed by atoms with Crippen molar-refractivity contribution in [3.05, 3.63) is 28.4 Å². The second-order valence-corrected chi connectivity index (χ2v) is 4.66. The van der Waals surface area contributed by atoms with Gasteiger partial charge in [0.05, 0.1) is 35.6 Å². The van der Waals surface area contributed by atoms with Gasteiger partial charge in [-0.25, -0.2) is 9.97 Å². The highest BCUT2D eigenvalue weighted by Gasteiger charge is 2.18. The van der Waals surface area contributed by atoms with Crippen molar-refractivity contribution in [1.29, 1.82) is 0 Å². The molecule has 0 spiro atoms. The summed E-state index contributed by atoms with van der Waals surface area (Å²) in [6.45, 7) is 1.85. The number of nitrogens with zero attached hydrogens (tertiary/aromatic N) is 2. The van der Waals surface area contributed by atoms with E-state index in [0.29, 0.717) is 17.2 Å². The van der Waals surface area contributed by atoms with E-state index in [1.807, 2.05) is 25.1 Å². The van der Waals surface area contributed by atoms with Crippen LogP contribution in [0.15, 0.2) is 22.7 Å². The largest absolute Gasteiger partial charge is 0.496 e. The summed E-state index contributed by atoms with van der Waals surface area (Å²) in [6, 6.07) is 5.54. The Hall–Kier alpha value is -1.82. The van der Waals surface area contributed by atoms with E-state index in [0.717, 1.165) is 15.7 Å². The van der Waals surface area contributed by atoms with E-state index in [4.69, 9.17) is 15.2 Å². The molecule has 0 aliphatic rings. The lowest BCUT2D eigenvalue weighted by Gasteiger charge is -2.14. The minimum Gasteiger partial charge on any atom is -0.496 e. The Balaban J connectivity index is 2.77. The Morgan fingerprint density at radius 2 is 1.68 bits per heavy atom. The first kappa shape index (κ1) is 13.6. The molecule has 2 N–H and O–H groups in total. The van der Waals surface area contributed by atoms with E-state index in [9.17, 15) is 0 Å². The number of hydrogen-bond donors (Lipinski definition) is 1. The van der Waals surface area contributed by atoms with Crippen LogP contribution in [-0.2, 0) is 0 Å². The first-order chi connectivity index (χ1) is 9.08. The van der Waals surface area contributed by atoms with Crippen molar-refractivity contribution < 1.29 is 9.47 Å². The number of methoxy groups -OCH3 is 2. The number of benzene rings is 1. The molecule has 0 saturated heterocycles. The van der Waals surface area contributed by atoms with Gasteiger partial charge in [-0.05, 0) is 35.0 Å². The van der Waals surface area contributed by atoms with Crippen molar-refractivity contribution in [1.82, 2.24) is 9.97 Å². The van der Waals surface area contributed by atoms with Crippen LogP contribution in [-0.4, -0.2) is 24.2 Å². The van der Waals surface area contributed by atoms with E-state index in [1.165, 1.54) is 0 Å². The van der Waals surface area contributed by atoms with E-state index in [-0.39, 0.29) is 5.95 Å². The Morgan fingerprint density at radius 3 is 2.21 bits per heavy atom. The number of nitrogens with two attached hydrogens (primary N) is 1. The highest BCUT2D eigenvalue weighted by molar-refractivity contribution is 9.10. The Bertz CT molecular complexity index is 595. The summed E-state index contributed by atoms with van der Waals surface area (Å²) in [6.07, 6.45) is 0. The smallest absolute Gasteiger partial charge is 0.220 e. The molecule has 0 bridgehead atoms. The first-order valence-electron chi connectivity index (χ1n) is 5.59. The number of aromatic nitrogens is 2. The summed E-state index contributed by atoms with van der Waals surface area (Å²) in [5.41, 5.74) is 7.88. The lowest BCUT2D eigenvalue weighted by molar-refractivity contribution is 0.397. The van der Waals surface area contributed by atoms with Gasteiger partial charge >= 0.3 is 0 Å². The molecule has 19 heavy (non-hydrogen) atoms. The van der Waals surface area contributed by atoms with Gasteiger partial charge in [-0.2, -0.15) is 0 Å². The maximum absolute atomic E-state index is 5.72. The fourth-order valence-corrected chi connectivity index (χ4v) is 2.21. The zero-order valence-electron chi connectivity index (χ0n) is 10.9. The van der Waals surface area contributed by atoms with Crippen LogP contribution < -0.4 is 15.2 Å².